The lowest BCUT2D eigenvalue weighted by atomic mass is 9.94. The smallest absolute Gasteiger partial charge is 0.310 e. The van der Waals surface area contributed by atoms with E-state index in [0.717, 1.165) is 5.56 Å². The van der Waals surface area contributed by atoms with Crippen molar-refractivity contribution in [2.45, 2.75) is 27.7 Å². The maximum absolute atomic E-state index is 11.0. The Bertz CT molecular complexity index is 518. The lowest BCUT2D eigenvalue weighted by molar-refractivity contribution is -0.146. The normalized spacial score (nSPS) is 10.8. The first-order valence-corrected chi connectivity index (χ1v) is 5.51. The molecule has 0 unspecified atom stereocenters. The Kier molecular flexibility index (Phi) is 3.86. The van der Waals surface area contributed by atoms with Crippen LogP contribution in [0.25, 0.3) is 0 Å². The highest BCUT2D eigenvalue weighted by Gasteiger charge is 2.27. The number of carbonyl (C=O) groups is 1. The van der Waals surface area contributed by atoms with Gasteiger partial charge < -0.3 is 10.4 Å². The van der Waals surface area contributed by atoms with Crippen molar-refractivity contribution in [3.63, 3.8) is 0 Å². The van der Waals surface area contributed by atoms with E-state index in [1.54, 1.807) is 27.7 Å². The molecule has 0 bridgehead atoms. The number of hydrogen-bond acceptors (Lipinski definition) is 5. The van der Waals surface area contributed by atoms with Gasteiger partial charge in [0.2, 0.25) is 0 Å². The number of nitrogens with one attached hydrogen (secondary N) is 1. The summed E-state index contributed by atoms with van der Waals surface area (Å²) in [6, 6.07) is 2.06. The van der Waals surface area contributed by atoms with Gasteiger partial charge in [0, 0.05) is 6.54 Å². The van der Waals surface area contributed by atoms with Crippen molar-refractivity contribution < 1.29 is 9.90 Å². The second-order valence-corrected chi connectivity index (χ2v) is 4.79. The van der Waals surface area contributed by atoms with Crippen LogP contribution in [-0.2, 0) is 4.79 Å². The largest absolute Gasteiger partial charge is 0.481 e. The van der Waals surface area contributed by atoms with Gasteiger partial charge in [-0.1, -0.05) is 0 Å². The third kappa shape index (κ3) is 2.74. The molecule has 0 fully saturated rings. The predicted octanol–water partition coefficient (Wildman–Crippen LogP) is 1.49. The van der Waals surface area contributed by atoms with E-state index in [9.17, 15) is 4.79 Å². The molecule has 0 amide bonds. The van der Waals surface area contributed by atoms with Gasteiger partial charge in [-0.2, -0.15) is 10.4 Å². The first-order chi connectivity index (χ1) is 8.29. The van der Waals surface area contributed by atoms with E-state index in [4.69, 9.17) is 10.4 Å². The first kappa shape index (κ1) is 13.9. The quantitative estimate of drug-likeness (QED) is 0.837. The Morgan fingerprint density at radius 3 is 2.56 bits per heavy atom. The molecule has 0 atom stereocenters. The van der Waals surface area contributed by atoms with Crippen molar-refractivity contribution in [1.82, 2.24) is 10.2 Å². The highest BCUT2D eigenvalue weighted by atomic mass is 16.4. The second-order valence-electron chi connectivity index (χ2n) is 4.79. The summed E-state index contributed by atoms with van der Waals surface area (Å²) in [5, 5.41) is 28.8. The van der Waals surface area contributed by atoms with E-state index in [2.05, 4.69) is 21.6 Å². The van der Waals surface area contributed by atoms with E-state index < -0.39 is 11.4 Å². The zero-order valence-corrected chi connectivity index (χ0v) is 10.9. The van der Waals surface area contributed by atoms with Crippen molar-refractivity contribution in [3.05, 3.63) is 16.8 Å². The van der Waals surface area contributed by atoms with E-state index >= 15 is 0 Å². The molecule has 6 heteroatoms. The van der Waals surface area contributed by atoms with Crippen molar-refractivity contribution in [1.29, 1.82) is 5.26 Å². The summed E-state index contributed by atoms with van der Waals surface area (Å²) in [6.07, 6.45) is 0. The maximum atomic E-state index is 11.0. The van der Waals surface area contributed by atoms with Crippen LogP contribution < -0.4 is 5.32 Å². The van der Waals surface area contributed by atoms with Gasteiger partial charge in [-0.05, 0) is 33.3 Å². The number of aromatic nitrogens is 2. The summed E-state index contributed by atoms with van der Waals surface area (Å²) in [4.78, 5) is 11.0. The lowest BCUT2D eigenvalue weighted by Crippen LogP contribution is -2.32. The van der Waals surface area contributed by atoms with Gasteiger partial charge in [0.15, 0.2) is 5.82 Å². The minimum Gasteiger partial charge on any atom is -0.481 e. The molecule has 1 rings (SSSR count). The molecule has 0 saturated heterocycles. The molecule has 96 valence electrons. The van der Waals surface area contributed by atoms with E-state index in [1.165, 1.54) is 0 Å². The molecular weight excluding hydrogens is 232 g/mol. The van der Waals surface area contributed by atoms with Gasteiger partial charge in [-0.3, -0.25) is 4.79 Å². The SMILES string of the molecule is Cc1nnc(NCC(C)(C)C(=O)O)c(C#N)c1C. The summed E-state index contributed by atoms with van der Waals surface area (Å²) >= 11 is 0. The minimum atomic E-state index is -0.937. The number of carboxylic acid groups (broad SMARTS) is 1. The molecule has 2 N–H and O–H groups in total. The molecule has 0 spiro atoms. The Morgan fingerprint density at radius 2 is 2.06 bits per heavy atom. The maximum Gasteiger partial charge on any atom is 0.310 e. The van der Waals surface area contributed by atoms with Crippen molar-refractivity contribution in [2.24, 2.45) is 5.41 Å². The van der Waals surface area contributed by atoms with Gasteiger partial charge in [0.05, 0.1) is 11.1 Å². The van der Waals surface area contributed by atoms with Crippen LogP contribution in [0.3, 0.4) is 0 Å². The average molecular weight is 248 g/mol. The molecule has 1 heterocycles. The molecule has 0 aliphatic heterocycles. The molecular formula is C12H16N4O2. The van der Waals surface area contributed by atoms with Gasteiger partial charge in [-0.15, -0.1) is 5.10 Å². The van der Waals surface area contributed by atoms with Crippen LogP contribution >= 0.6 is 0 Å². The zero-order chi connectivity index (χ0) is 13.9. The number of nitrogens with zero attached hydrogens (tertiary/aromatic N) is 3. The van der Waals surface area contributed by atoms with Crippen molar-refractivity contribution in [2.75, 3.05) is 11.9 Å². The summed E-state index contributed by atoms with van der Waals surface area (Å²) in [5.74, 6) is -0.583. The molecule has 0 aliphatic rings. The number of anilines is 1. The standard InChI is InChI=1S/C12H16N4O2/c1-7-8(2)15-16-10(9(7)5-13)14-6-12(3,4)11(17)18/h6H2,1-4H3,(H,14,16)(H,17,18). The lowest BCUT2D eigenvalue weighted by Gasteiger charge is -2.20. The third-order valence-electron chi connectivity index (χ3n) is 2.84. The Balaban J connectivity index is 2.97. The number of rotatable bonds is 4. The van der Waals surface area contributed by atoms with Crippen molar-refractivity contribution >= 4 is 11.8 Å². The minimum absolute atomic E-state index is 0.175. The number of aryl methyl sites for hydroxylation is 1. The fraction of sp³-hybridized carbons (Fsp3) is 0.500. The highest BCUT2D eigenvalue weighted by Crippen LogP contribution is 2.20. The molecule has 18 heavy (non-hydrogen) atoms. The molecule has 1 aromatic rings. The summed E-state index contributed by atoms with van der Waals surface area (Å²) in [7, 11) is 0. The van der Waals surface area contributed by atoms with Crippen molar-refractivity contribution in [3.8, 4) is 6.07 Å². The van der Waals surface area contributed by atoms with Crippen LogP contribution in [-0.4, -0.2) is 27.8 Å². The second kappa shape index (κ2) is 5.00. The third-order valence-corrected chi connectivity index (χ3v) is 2.84. The zero-order valence-electron chi connectivity index (χ0n) is 10.9. The number of aliphatic carboxylic acids is 1. The van der Waals surface area contributed by atoms with Gasteiger partial charge in [-0.25, -0.2) is 0 Å². The van der Waals surface area contributed by atoms with Gasteiger partial charge in [0.25, 0.3) is 0 Å². The van der Waals surface area contributed by atoms with Gasteiger partial charge in [0.1, 0.15) is 11.6 Å². The molecule has 0 saturated carbocycles. The van der Waals surface area contributed by atoms with Crippen LogP contribution in [0.4, 0.5) is 5.82 Å². The van der Waals surface area contributed by atoms with E-state index in [-0.39, 0.29) is 6.54 Å². The van der Waals surface area contributed by atoms with E-state index in [0.29, 0.717) is 17.1 Å². The van der Waals surface area contributed by atoms with Crippen LogP contribution in [0.5, 0.6) is 0 Å². The summed E-state index contributed by atoms with van der Waals surface area (Å²) in [6.45, 7) is 6.93. The Labute approximate surface area is 106 Å². The number of nitriles is 1. The molecule has 0 radical (unpaired) electrons. The van der Waals surface area contributed by atoms with Gasteiger partial charge >= 0.3 is 5.97 Å². The fourth-order valence-corrected chi connectivity index (χ4v) is 1.25. The monoisotopic (exact) mass is 248 g/mol. The van der Waals surface area contributed by atoms with Crippen LogP contribution in [0, 0.1) is 30.6 Å². The average Bonchev–Trinajstić information content (AvgIpc) is 2.30. The molecule has 6 nitrogen and oxygen atoms in total. The first-order valence-electron chi connectivity index (χ1n) is 5.51. The predicted molar refractivity (Wildman–Crippen MR) is 66.1 cm³/mol. The number of hydrogen-bond donors (Lipinski definition) is 2. The summed E-state index contributed by atoms with van der Waals surface area (Å²) in [5.41, 5.74) is 0.911. The topological polar surface area (TPSA) is 98.9 Å². The highest BCUT2D eigenvalue weighted by molar-refractivity contribution is 5.74. The molecule has 0 aromatic carbocycles. The molecule has 0 aliphatic carbocycles. The van der Waals surface area contributed by atoms with Crippen LogP contribution in [0.15, 0.2) is 0 Å². The summed E-state index contributed by atoms with van der Waals surface area (Å²) < 4.78 is 0. The fourth-order valence-electron chi connectivity index (χ4n) is 1.25. The van der Waals surface area contributed by atoms with Crippen LogP contribution in [0.2, 0.25) is 0 Å². The Morgan fingerprint density at radius 1 is 1.44 bits per heavy atom. The number of carboxylic acids is 1. The van der Waals surface area contributed by atoms with E-state index in [1.807, 2.05) is 0 Å². The van der Waals surface area contributed by atoms with Crippen LogP contribution in [0.1, 0.15) is 30.7 Å². The molecule has 1 aromatic heterocycles. The Hall–Kier alpha value is -2.16.